The fourth-order valence-electron chi connectivity index (χ4n) is 2.72. The van der Waals surface area contributed by atoms with Crippen LogP contribution in [0.3, 0.4) is 0 Å². The van der Waals surface area contributed by atoms with Gasteiger partial charge in [0.15, 0.2) is 0 Å². The average Bonchev–Trinajstić information content (AvgIpc) is 2.99. The van der Waals surface area contributed by atoms with Gasteiger partial charge in [-0.3, -0.25) is 0 Å². The monoisotopic (exact) mass is 405 g/mol. The van der Waals surface area contributed by atoms with Crippen LogP contribution in [-0.2, 0) is 10.2 Å². The highest BCUT2D eigenvalue weighted by molar-refractivity contribution is 6.31. The number of aliphatic hydroxyl groups excluding tert-OH is 1. The van der Waals surface area contributed by atoms with Crippen molar-refractivity contribution in [3.63, 3.8) is 0 Å². The summed E-state index contributed by atoms with van der Waals surface area (Å²) in [6, 6.07) is 9.24. The first-order chi connectivity index (χ1) is 13.0. The third-order valence-electron chi connectivity index (χ3n) is 4.01. The molecule has 28 heavy (non-hydrogen) atoms. The fourth-order valence-corrected chi connectivity index (χ4v) is 2.89. The van der Waals surface area contributed by atoms with Crippen molar-refractivity contribution >= 4 is 22.6 Å². The van der Waals surface area contributed by atoms with Crippen molar-refractivity contribution in [3.05, 3.63) is 46.5 Å². The normalized spacial score (nSPS) is 12.6. The van der Waals surface area contributed by atoms with Crippen LogP contribution in [0, 0.1) is 6.92 Å². The van der Waals surface area contributed by atoms with Gasteiger partial charge in [0.05, 0.1) is 12.7 Å². The van der Waals surface area contributed by atoms with Gasteiger partial charge in [-0.25, -0.2) is 0 Å². The van der Waals surface area contributed by atoms with Gasteiger partial charge < -0.3 is 14.9 Å². The van der Waals surface area contributed by atoms with Crippen molar-refractivity contribution in [1.29, 1.82) is 0 Å². The summed E-state index contributed by atoms with van der Waals surface area (Å²) in [6.45, 7) is 10.3. The molecule has 1 unspecified atom stereocenters. The second kappa shape index (κ2) is 8.90. The molecule has 7 heteroatoms. The van der Waals surface area contributed by atoms with E-state index in [1.807, 2.05) is 25.1 Å². The van der Waals surface area contributed by atoms with Gasteiger partial charge in [-0.2, -0.15) is 0 Å². The summed E-state index contributed by atoms with van der Waals surface area (Å²) >= 11 is 5.99. The number of phenolic OH excluding ortho intramolecular Hbond substituents is 1. The van der Waals surface area contributed by atoms with Gasteiger partial charge in [0, 0.05) is 17.7 Å². The van der Waals surface area contributed by atoms with Crippen LogP contribution in [0.4, 0.5) is 0 Å². The van der Waals surface area contributed by atoms with Gasteiger partial charge in [-0.1, -0.05) is 38.4 Å². The van der Waals surface area contributed by atoms with Crippen LogP contribution in [0.25, 0.3) is 16.7 Å². The molecule has 0 saturated carbocycles. The van der Waals surface area contributed by atoms with Crippen LogP contribution in [0.5, 0.6) is 5.75 Å². The van der Waals surface area contributed by atoms with E-state index in [-0.39, 0.29) is 17.3 Å². The van der Waals surface area contributed by atoms with Crippen LogP contribution in [0.15, 0.2) is 30.3 Å². The standard InChI is InChI=1S/C17H18ClN3O.C4H10O2/c1-10-7-12(17(2,3)4)16(22)15(8-10)21-19-13-6-5-11(18)9-14(13)20-21;1-4(5)3-6-2/h5-9,22H,1-4H3;4-5H,3H2,1-2H3. The SMILES string of the molecule is COCC(C)O.Cc1cc(-n2nc3ccc(Cl)cc3n2)c(O)c(C(C)(C)C)c1. The van der Waals surface area contributed by atoms with E-state index in [1.54, 1.807) is 26.2 Å². The largest absolute Gasteiger partial charge is 0.505 e. The quantitative estimate of drug-likeness (QED) is 0.675. The molecule has 0 bridgehead atoms. The number of rotatable bonds is 3. The number of ether oxygens (including phenoxy) is 1. The zero-order chi connectivity index (χ0) is 21.1. The molecule has 0 amide bonds. The van der Waals surface area contributed by atoms with E-state index in [9.17, 15) is 5.11 Å². The zero-order valence-corrected chi connectivity index (χ0v) is 17.9. The number of methoxy groups -OCH3 is 1. The summed E-state index contributed by atoms with van der Waals surface area (Å²) in [5.74, 6) is 0.213. The maximum atomic E-state index is 10.7. The number of benzene rings is 2. The highest BCUT2D eigenvalue weighted by atomic mass is 35.5. The minimum Gasteiger partial charge on any atom is -0.505 e. The molecule has 152 valence electrons. The Kier molecular flexibility index (Phi) is 7.04. The van der Waals surface area contributed by atoms with Gasteiger partial charge in [0.25, 0.3) is 0 Å². The maximum absolute atomic E-state index is 10.7. The summed E-state index contributed by atoms with van der Waals surface area (Å²) in [5, 5.41) is 28.6. The van der Waals surface area contributed by atoms with Crippen molar-refractivity contribution in [3.8, 4) is 11.4 Å². The first kappa shape index (κ1) is 22.1. The lowest BCUT2D eigenvalue weighted by atomic mass is 9.85. The molecule has 1 aromatic heterocycles. The Labute approximate surface area is 170 Å². The lowest BCUT2D eigenvalue weighted by Gasteiger charge is -2.22. The third kappa shape index (κ3) is 5.44. The van der Waals surface area contributed by atoms with Crippen LogP contribution < -0.4 is 0 Å². The first-order valence-electron chi connectivity index (χ1n) is 9.07. The second-order valence-electron chi connectivity index (χ2n) is 7.86. The summed E-state index contributed by atoms with van der Waals surface area (Å²) < 4.78 is 4.55. The van der Waals surface area contributed by atoms with E-state index in [1.165, 1.54) is 4.80 Å². The highest BCUT2D eigenvalue weighted by Crippen LogP contribution is 2.36. The van der Waals surface area contributed by atoms with Gasteiger partial charge >= 0.3 is 0 Å². The molecule has 0 aliphatic rings. The molecular weight excluding hydrogens is 378 g/mol. The molecule has 0 radical (unpaired) electrons. The molecule has 1 heterocycles. The molecule has 0 aliphatic heterocycles. The summed E-state index contributed by atoms with van der Waals surface area (Å²) in [7, 11) is 1.56. The summed E-state index contributed by atoms with van der Waals surface area (Å²) in [4.78, 5) is 1.47. The van der Waals surface area contributed by atoms with E-state index in [0.29, 0.717) is 22.8 Å². The fraction of sp³-hybridized carbons (Fsp3) is 0.429. The minimum absolute atomic E-state index is 0.166. The van der Waals surface area contributed by atoms with Crippen molar-refractivity contribution < 1.29 is 14.9 Å². The lowest BCUT2D eigenvalue weighted by molar-refractivity contribution is 0.0765. The molecule has 3 rings (SSSR count). The molecular formula is C21H28ClN3O3. The summed E-state index contributed by atoms with van der Waals surface area (Å²) in [5.41, 5.74) is 3.78. The Hall–Kier alpha value is -2.15. The van der Waals surface area contributed by atoms with E-state index < -0.39 is 0 Å². The molecule has 0 fully saturated rings. The number of aromatic hydroxyl groups is 1. The number of halogens is 1. The number of aromatic nitrogens is 3. The molecule has 0 saturated heterocycles. The van der Waals surface area contributed by atoms with Crippen LogP contribution in [-0.4, -0.2) is 45.0 Å². The number of nitrogens with zero attached hydrogens (tertiary/aromatic N) is 3. The van der Waals surface area contributed by atoms with Gasteiger partial charge in [0.2, 0.25) is 0 Å². The van der Waals surface area contributed by atoms with Crippen molar-refractivity contribution in [2.24, 2.45) is 0 Å². The van der Waals surface area contributed by atoms with Crippen molar-refractivity contribution in [2.45, 2.75) is 46.1 Å². The van der Waals surface area contributed by atoms with Crippen LogP contribution >= 0.6 is 11.6 Å². The maximum Gasteiger partial charge on any atom is 0.146 e. The predicted octanol–water partition coefficient (Wildman–Crippen LogP) is 4.40. The Bertz CT molecular complexity index is 946. The molecule has 0 spiro atoms. The highest BCUT2D eigenvalue weighted by Gasteiger charge is 2.22. The van der Waals surface area contributed by atoms with Crippen LogP contribution in [0.2, 0.25) is 5.02 Å². The number of fused-ring (bicyclic) bond motifs is 1. The van der Waals surface area contributed by atoms with Gasteiger partial charge in [0.1, 0.15) is 22.5 Å². The molecule has 6 nitrogen and oxygen atoms in total. The zero-order valence-electron chi connectivity index (χ0n) is 17.2. The predicted molar refractivity (Wildman–Crippen MR) is 113 cm³/mol. The minimum atomic E-state index is -0.324. The van der Waals surface area contributed by atoms with E-state index in [0.717, 1.165) is 16.6 Å². The lowest BCUT2D eigenvalue weighted by Crippen LogP contribution is -2.13. The Morgan fingerprint density at radius 1 is 1.14 bits per heavy atom. The molecule has 3 aromatic rings. The van der Waals surface area contributed by atoms with E-state index in [4.69, 9.17) is 16.7 Å². The van der Waals surface area contributed by atoms with Crippen molar-refractivity contribution in [2.75, 3.05) is 13.7 Å². The van der Waals surface area contributed by atoms with E-state index >= 15 is 0 Å². The Morgan fingerprint density at radius 3 is 2.32 bits per heavy atom. The average molecular weight is 406 g/mol. The number of hydrogen-bond acceptors (Lipinski definition) is 5. The van der Waals surface area contributed by atoms with E-state index in [2.05, 4.69) is 35.7 Å². The number of aliphatic hydroxyl groups is 1. The van der Waals surface area contributed by atoms with Crippen molar-refractivity contribution in [1.82, 2.24) is 15.0 Å². The Morgan fingerprint density at radius 2 is 1.79 bits per heavy atom. The number of aryl methyl sites for hydroxylation is 1. The molecule has 1 atom stereocenters. The molecule has 2 aromatic carbocycles. The number of hydrogen-bond donors (Lipinski definition) is 2. The first-order valence-corrected chi connectivity index (χ1v) is 9.44. The van der Waals surface area contributed by atoms with Gasteiger partial charge in [-0.05, 0) is 49.1 Å². The number of phenols is 1. The van der Waals surface area contributed by atoms with Crippen LogP contribution in [0.1, 0.15) is 38.8 Å². The third-order valence-corrected chi connectivity index (χ3v) is 4.24. The van der Waals surface area contributed by atoms with Gasteiger partial charge in [-0.15, -0.1) is 15.0 Å². The molecule has 0 aliphatic carbocycles. The second-order valence-corrected chi connectivity index (χ2v) is 8.29. The smallest absolute Gasteiger partial charge is 0.146 e. The Balaban J connectivity index is 0.000000409. The topological polar surface area (TPSA) is 80.4 Å². The molecule has 2 N–H and O–H groups in total. The summed E-state index contributed by atoms with van der Waals surface area (Å²) in [6.07, 6.45) is -0.324.